The monoisotopic (exact) mass is 528 g/mol. The molecule has 0 aliphatic carbocycles. The van der Waals surface area contributed by atoms with E-state index < -0.39 is 15.4 Å². The summed E-state index contributed by atoms with van der Waals surface area (Å²) in [6.07, 6.45) is -0.329. The van der Waals surface area contributed by atoms with Crippen molar-refractivity contribution in [2.24, 2.45) is 5.92 Å². The molecule has 0 aromatic heterocycles. The summed E-state index contributed by atoms with van der Waals surface area (Å²) in [6, 6.07) is 12.1. The number of fused-ring (bicyclic) bond motifs is 1. The zero-order valence-electron chi connectivity index (χ0n) is 23.2. The lowest BCUT2D eigenvalue weighted by Gasteiger charge is -2.47. The van der Waals surface area contributed by atoms with Crippen LogP contribution in [0.2, 0.25) is 0 Å². The first-order chi connectivity index (χ1) is 17.1. The fourth-order valence-corrected chi connectivity index (χ4v) is 5.69. The third kappa shape index (κ3) is 6.53. The molecule has 202 valence electrons. The normalized spacial score (nSPS) is 17.3. The minimum atomic E-state index is -3.26. The van der Waals surface area contributed by atoms with Crippen LogP contribution >= 0.6 is 0 Å². The van der Waals surface area contributed by atoms with Gasteiger partial charge >= 0.3 is 6.09 Å². The third-order valence-electron chi connectivity index (χ3n) is 6.64. The van der Waals surface area contributed by atoms with Gasteiger partial charge in [0.05, 0.1) is 16.7 Å². The van der Waals surface area contributed by atoms with E-state index >= 15 is 0 Å². The molecule has 1 aliphatic rings. The number of nitrogens with one attached hydrogen (secondary N) is 1. The Labute approximate surface area is 221 Å². The highest BCUT2D eigenvalue weighted by atomic mass is 32.2. The Kier molecular flexibility index (Phi) is 8.13. The lowest BCUT2D eigenvalue weighted by atomic mass is 9.73. The van der Waals surface area contributed by atoms with Gasteiger partial charge in [-0.25, -0.2) is 13.2 Å². The van der Waals surface area contributed by atoms with Crippen molar-refractivity contribution in [3.63, 3.8) is 0 Å². The van der Waals surface area contributed by atoms with E-state index in [4.69, 9.17) is 4.74 Å². The van der Waals surface area contributed by atoms with E-state index in [2.05, 4.69) is 33.0 Å². The van der Waals surface area contributed by atoms with Gasteiger partial charge in [0.25, 0.3) is 5.91 Å². The quantitative estimate of drug-likeness (QED) is 0.524. The van der Waals surface area contributed by atoms with Crippen LogP contribution in [0, 0.1) is 5.92 Å². The molecule has 0 bridgehead atoms. The molecule has 0 fully saturated rings. The minimum absolute atomic E-state index is 0.0466. The van der Waals surface area contributed by atoms with Gasteiger partial charge < -0.3 is 15.0 Å². The summed E-state index contributed by atoms with van der Waals surface area (Å²) in [5, 5.41) is 2.94. The molecule has 37 heavy (non-hydrogen) atoms. The van der Waals surface area contributed by atoms with Gasteiger partial charge in [0.15, 0.2) is 9.84 Å². The molecule has 0 saturated heterocycles. The molecule has 8 heteroatoms. The Hall–Kier alpha value is -2.87. The predicted octanol–water partition coefficient (Wildman–Crippen LogP) is 5.64. The van der Waals surface area contributed by atoms with E-state index in [1.165, 1.54) is 0 Å². The SMILES string of the molecule is CCS(=O)(=O)c1ccc(CNC(=O)c2ccc3c(c2)C(C)(C)CN(C(=O)OC(C)(C)C)C3C(C)C)cc1. The molecule has 3 rings (SSSR count). The Morgan fingerprint density at radius 3 is 2.27 bits per heavy atom. The molecule has 0 radical (unpaired) electrons. The maximum absolute atomic E-state index is 13.1. The number of hydrogen-bond donors (Lipinski definition) is 1. The second kappa shape index (κ2) is 10.5. The van der Waals surface area contributed by atoms with Gasteiger partial charge in [-0.15, -0.1) is 0 Å². The van der Waals surface area contributed by atoms with Crippen molar-refractivity contribution in [2.75, 3.05) is 12.3 Å². The van der Waals surface area contributed by atoms with Gasteiger partial charge in [0.2, 0.25) is 0 Å². The van der Waals surface area contributed by atoms with Gasteiger partial charge in [-0.1, -0.05) is 52.8 Å². The number of nitrogens with zero attached hydrogens (tertiary/aromatic N) is 1. The van der Waals surface area contributed by atoms with Crippen LogP contribution in [-0.2, 0) is 26.5 Å². The van der Waals surface area contributed by atoms with Crippen LogP contribution in [-0.4, -0.2) is 43.2 Å². The van der Waals surface area contributed by atoms with Gasteiger partial charge in [-0.3, -0.25) is 4.79 Å². The number of sulfone groups is 1. The Morgan fingerprint density at radius 2 is 1.73 bits per heavy atom. The van der Waals surface area contributed by atoms with Crippen LogP contribution in [0.3, 0.4) is 0 Å². The van der Waals surface area contributed by atoms with Crippen molar-refractivity contribution in [3.8, 4) is 0 Å². The number of rotatable bonds is 6. The summed E-state index contributed by atoms with van der Waals surface area (Å²) in [5.41, 5.74) is 2.47. The highest BCUT2D eigenvalue weighted by Gasteiger charge is 2.43. The number of carbonyl (C=O) groups excluding carboxylic acids is 2. The Bertz CT molecular complexity index is 1260. The number of ether oxygens (including phenoxy) is 1. The molecule has 1 unspecified atom stereocenters. The molecule has 2 amide bonds. The molecular weight excluding hydrogens is 488 g/mol. The van der Waals surface area contributed by atoms with Crippen molar-refractivity contribution in [1.82, 2.24) is 10.2 Å². The maximum Gasteiger partial charge on any atom is 0.410 e. The predicted molar refractivity (Wildman–Crippen MR) is 145 cm³/mol. The van der Waals surface area contributed by atoms with Gasteiger partial charge in [-0.05, 0) is 67.6 Å². The first kappa shape index (κ1) is 28.7. The Morgan fingerprint density at radius 1 is 1.11 bits per heavy atom. The molecule has 1 atom stereocenters. The molecule has 1 aliphatic heterocycles. The van der Waals surface area contributed by atoms with Gasteiger partial charge in [0, 0.05) is 24.1 Å². The van der Waals surface area contributed by atoms with Gasteiger partial charge in [-0.2, -0.15) is 0 Å². The summed E-state index contributed by atoms with van der Waals surface area (Å²) in [5.74, 6) is -0.00798. The number of benzene rings is 2. The molecular formula is C29H40N2O5S. The average molecular weight is 529 g/mol. The number of hydrogen-bond acceptors (Lipinski definition) is 5. The summed E-state index contributed by atoms with van der Waals surface area (Å²) >= 11 is 0. The number of carbonyl (C=O) groups is 2. The highest BCUT2D eigenvalue weighted by molar-refractivity contribution is 7.91. The largest absolute Gasteiger partial charge is 0.444 e. The first-order valence-corrected chi connectivity index (χ1v) is 14.4. The Balaban J connectivity index is 1.83. The maximum atomic E-state index is 13.1. The molecule has 2 aromatic rings. The standard InChI is InChI=1S/C29H40N2O5S/c1-9-37(34,35)22-13-10-20(11-14-22)17-30-26(32)21-12-15-23-24(16-21)29(7,8)18-31(25(23)19(2)3)27(33)36-28(4,5)6/h10-16,19,25H,9,17-18H2,1-8H3,(H,30,32). The summed E-state index contributed by atoms with van der Waals surface area (Å²) in [4.78, 5) is 28.3. The summed E-state index contributed by atoms with van der Waals surface area (Å²) in [6.45, 7) is 16.3. The lowest BCUT2D eigenvalue weighted by molar-refractivity contribution is 0.00182. The topological polar surface area (TPSA) is 92.8 Å². The average Bonchev–Trinajstić information content (AvgIpc) is 2.80. The van der Waals surface area contributed by atoms with E-state index in [0.717, 1.165) is 16.7 Å². The molecule has 7 nitrogen and oxygen atoms in total. The summed E-state index contributed by atoms with van der Waals surface area (Å²) in [7, 11) is -3.26. The fraction of sp³-hybridized carbons (Fsp3) is 0.517. The van der Waals surface area contributed by atoms with Crippen LogP contribution in [0.15, 0.2) is 47.4 Å². The highest BCUT2D eigenvalue weighted by Crippen LogP contribution is 2.43. The van der Waals surface area contributed by atoms with E-state index in [9.17, 15) is 18.0 Å². The number of amides is 2. The molecule has 2 aromatic carbocycles. The first-order valence-electron chi connectivity index (χ1n) is 12.8. The third-order valence-corrected chi connectivity index (χ3v) is 8.39. The van der Waals surface area contributed by atoms with Crippen LogP contribution in [0.5, 0.6) is 0 Å². The molecule has 1 heterocycles. The zero-order valence-corrected chi connectivity index (χ0v) is 24.0. The molecule has 0 saturated carbocycles. The van der Waals surface area contributed by atoms with Gasteiger partial charge in [0.1, 0.15) is 5.60 Å². The zero-order chi connectivity index (χ0) is 27.8. The van der Waals surface area contributed by atoms with Crippen molar-refractivity contribution in [3.05, 3.63) is 64.7 Å². The van der Waals surface area contributed by atoms with Crippen LogP contribution < -0.4 is 5.32 Å². The lowest BCUT2D eigenvalue weighted by Crippen LogP contribution is -2.50. The van der Waals surface area contributed by atoms with Crippen LogP contribution in [0.1, 0.15) is 88.5 Å². The second-order valence-corrected chi connectivity index (χ2v) is 14.0. The van der Waals surface area contributed by atoms with E-state index in [0.29, 0.717) is 12.1 Å². The molecule has 0 spiro atoms. The van der Waals surface area contributed by atoms with Crippen molar-refractivity contribution >= 4 is 21.8 Å². The smallest absolute Gasteiger partial charge is 0.410 e. The van der Waals surface area contributed by atoms with Crippen LogP contribution in [0.4, 0.5) is 4.79 Å². The molecule has 1 N–H and O–H groups in total. The minimum Gasteiger partial charge on any atom is -0.444 e. The van der Waals surface area contributed by atoms with Crippen LogP contribution in [0.25, 0.3) is 0 Å². The van der Waals surface area contributed by atoms with Crippen molar-refractivity contribution in [1.29, 1.82) is 0 Å². The fourth-order valence-electron chi connectivity index (χ4n) is 4.80. The van der Waals surface area contributed by atoms with E-state index in [1.54, 1.807) is 37.3 Å². The summed E-state index contributed by atoms with van der Waals surface area (Å²) < 4.78 is 29.8. The van der Waals surface area contributed by atoms with E-state index in [1.807, 2.05) is 37.8 Å². The second-order valence-electron chi connectivity index (χ2n) is 11.7. The van der Waals surface area contributed by atoms with Crippen molar-refractivity contribution < 1.29 is 22.7 Å². The van der Waals surface area contributed by atoms with Crippen molar-refractivity contribution in [2.45, 2.75) is 83.9 Å². The van der Waals surface area contributed by atoms with E-state index in [-0.39, 0.29) is 46.6 Å².